The highest BCUT2D eigenvalue weighted by atomic mass is 32.1. The molecule has 0 fully saturated rings. The molecule has 3 rings (SSSR count). The van der Waals surface area contributed by atoms with Crippen LogP contribution in [-0.2, 0) is 6.54 Å². The Bertz CT molecular complexity index is 478. The fourth-order valence-corrected chi connectivity index (χ4v) is 2.88. The normalized spacial score (nSPS) is 19.1. The highest BCUT2D eigenvalue weighted by molar-refractivity contribution is 7.15. The van der Waals surface area contributed by atoms with Crippen LogP contribution in [0.5, 0.6) is 0 Å². The van der Waals surface area contributed by atoms with E-state index in [2.05, 4.69) is 28.3 Å². The Morgan fingerprint density at radius 2 is 2.47 bits per heavy atom. The van der Waals surface area contributed by atoms with Crippen LogP contribution in [0.4, 0.5) is 0 Å². The first kappa shape index (κ1) is 9.00. The predicted octanol–water partition coefficient (Wildman–Crippen LogP) is 2.37. The molecule has 0 amide bonds. The second-order valence-corrected chi connectivity index (χ2v) is 4.70. The lowest BCUT2D eigenvalue weighted by atomic mass is 10.3. The summed E-state index contributed by atoms with van der Waals surface area (Å²) in [4.78, 5) is 10.1. The molecule has 0 spiro atoms. The first-order valence-corrected chi connectivity index (χ1v) is 5.79. The van der Waals surface area contributed by atoms with Crippen molar-refractivity contribution in [3.63, 3.8) is 0 Å². The van der Waals surface area contributed by atoms with Crippen LogP contribution in [-0.4, -0.2) is 9.97 Å². The van der Waals surface area contributed by atoms with Gasteiger partial charge in [-0.25, -0.2) is 4.98 Å². The molecule has 1 N–H and O–H groups in total. The summed E-state index contributed by atoms with van der Waals surface area (Å²) in [7, 11) is 0. The zero-order valence-electron chi connectivity index (χ0n) is 8.40. The van der Waals surface area contributed by atoms with Crippen molar-refractivity contribution < 1.29 is 0 Å². The van der Waals surface area contributed by atoms with E-state index in [-0.39, 0.29) is 0 Å². The van der Waals surface area contributed by atoms with Crippen LogP contribution in [0.1, 0.15) is 23.5 Å². The molecule has 15 heavy (non-hydrogen) atoms. The van der Waals surface area contributed by atoms with Crippen LogP contribution in [0.2, 0.25) is 0 Å². The van der Waals surface area contributed by atoms with Crippen LogP contribution in [0, 0.1) is 0 Å². The second-order valence-electron chi connectivity index (χ2n) is 3.67. The molecule has 1 aliphatic rings. The van der Waals surface area contributed by atoms with Crippen LogP contribution < -0.4 is 5.32 Å². The highest BCUT2D eigenvalue weighted by Gasteiger charge is 2.23. The first-order valence-electron chi connectivity index (χ1n) is 4.98. The van der Waals surface area contributed by atoms with E-state index in [9.17, 15) is 0 Å². The van der Waals surface area contributed by atoms with Gasteiger partial charge in [0, 0.05) is 35.4 Å². The van der Waals surface area contributed by atoms with Crippen molar-refractivity contribution in [1.29, 1.82) is 0 Å². The third-order valence-corrected chi connectivity index (χ3v) is 3.93. The smallest absolute Gasteiger partial charge is 0.125 e. The Morgan fingerprint density at radius 3 is 3.20 bits per heavy atom. The number of nitrogens with zero attached hydrogens (tertiary/aromatic N) is 2. The summed E-state index contributed by atoms with van der Waals surface area (Å²) >= 11 is 1.77. The molecular weight excluding hydrogens is 206 g/mol. The Morgan fingerprint density at radius 1 is 1.53 bits per heavy atom. The van der Waals surface area contributed by atoms with E-state index in [4.69, 9.17) is 0 Å². The number of hydrogen-bond donors (Lipinski definition) is 1. The van der Waals surface area contributed by atoms with E-state index in [1.54, 1.807) is 17.5 Å². The molecule has 1 atom stereocenters. The number of aromatic nitrogens is 2. The Labute approximate surface area is 92.2 Å². The molecule has 2 aromatic rings. The monoisotopic (exact) mass is 217 g/mol. The SMILES string of the molecule is CC1NCc2nc(-c3cccnc3)sc21. The summed E-state index contributed by atoms with van der Waals surface area (Å²) in [5, 5.41) is 4.46. The molecule has 0 saturated heterocycles. The fourth-order valence-electron chi connectivity index (χ4n) is 1.78. The van der Waals surface area contributed by atoms with Crippen LogP contribution >= 0.6 is 11.3 Å². The van der Waals surface area contributed by atoms with Crippen molar-refractivity contribution in [2.24, 2.45) is 0 Å². The second kappa shape index (κ2) is 3.40. The van der Waals surface area contributed by atoms with Gasteiger partial charge >= 0.3 is 0 Å². The molecule has 0 saturated carbocycles. The third kappa shape index (κ3) is 1.46. The third-order valence-electron chi connectivity index (χ3n) is 2.61. The van der Waals surface area contributed by atoms with E-state index in [0.717, 1.165) is 17.1 Å². The van der Waals surface area contributed by atoms with E-state index >= 15 is 0 Å². The van der Waals surface area contributed by atoms with E-state index in [0.29, 0.717) is 6.04 Å². The van der Waals surface area contributed by atoms with Gasteiger partial charge < -0.3 is 5.32 Å². The van der Waals surface area contributed by atoms with E-state index in [1.807, 2.05) is 12.3 Å². The Hall–Kier alpha value is -1.26. The maximum absolute atomic E-state index is 4.63. The van der Waals surface area contributed by atoms with E-state index in [1.165, 1.54) is 10.6 Å². The quantitative estimate of drug-likeness (QED) is 0.797. The number of hydrogen-bond acceptors (Lipinski definition) is 4. The van der Waals surface area contributed by atoms with Crippen LogP contribution in [0.15, 0.2) is 24.5 Å². The maximum atomic E-state index is 4.63. The molecule has 0 bridgehead atoms. The van der Waals surface area contributed by atoms with Crippen LogP contribution in [0.3, 0.4) is 0 Å². The summed E-state index contributed by atoms with van der Waals surface area (Å²) in [5.74, 6) is 0. The average molecular weight is 217 g/mol. The minimum absolute atomic E-state index is 0.447. The molecule has 3 heterocycles. The number of thiazole rings is 1. The molecule has 0 aliphatic carbocycles. The molecule has 3 nitrogen and oxygen atoms in total. The number of fused-ring (bicyclic) bond motifs is 1. The van der Waals surface area contributed by atoms with Crippen molar-refractivity contribution in [3.05, 3.63) is 35.1 Å². The Balaban J connectivity index is 2.05. The van der Waals surface area contributed by atoms with Crippen molar-refractivity contribution in [2.45, 2.75) is 19.5 Å². The van der Waals surface area contributed by atoms with Gasteiger partial charge in [-0.3, -0.25) is 4.98 Å². The summed E-state index contributed by atoms with van der Waals surface area (Å²) in [5.41, 5.74) is 2.32. The van der Waals surface area contributed by atoms with Gasteiger partial charge in [0.25, 0.3) is 0 Å². The van der Waals surface area contributed by atoms with Crippen LogP contribution in [0.25, 0.3) is 10.6 Å². The molecule has 76 valence electrons. The minimum Gasteiger partial charge on any atom is -0.304 e. The fraction of sp³-hybridized carbons (Fsp3) is 0.273. The number of rotatable bonds is 1. The molecule has 1 aliphatic heterocycles. The number of pyridine rings is 1. The average Bonchev–Trinajstić information content (AvgIpc) is 2.83. The van der Waals surface area contributed by atoms with Gasteiger partial charge in [-0.1, -0.05) is 0 Å². The lowest BCUT2D eigenvalue weighted by Gasteiger charge is -2.00. The summed E-state index contributed by atoms with van der Waals surface area (Å²) in [6, 6.07) is 4.45. The van der Waals surface area contributed by atoms with Gasteiger partial charge in [-0.15, -0.1) is 11.3 Å². The highest BCUT2D eigenvalue weighted by Crippen LogP contribution is 2.34. The summed E-state index contributed by atoms with van der Waals surface area (Å²) in [6.07, 6.45) is 3.65. The number of nitrogens with one attached hydrogen (secondary N) is 1. The lowest BCUT2D eigenvalue weighted by molar-refractivity contribution is 0.636. The molecule has 2 aromatic heterocycles. The van der Waals surface area contributed by atoms with Gasteiger partial charge in [0.05, 0.1) is 5.69 Å². The summed E-state index contributed by atoms with van der Waals surface area (Å²) < 4.78 is 0. The minimum atomic E-state index is 0.447. The largest absolute Gasteiger partial charge is 0.304 e. The molecule has 0 aromatic carbocycles. The van der Waals surface area contributed by atoms with E-state index < -0.39 is 0 Å². The zero-order chi connectivity index (χ0) is 10.3. The Kier molecular flexibility index (Phi) is 2.04. The van der Waals surface area contributed by atoms with Crippen molar-refractivity contribution in [1.82, 2.24) is 15.3 Å². The molecule has 1 unspecified atom stereocenters. The van der Waals surface area contributed by atoms with Gasteiger partial charge in [-0.05, 0) is 19.1 Å². The van der Waals surface area contributed by atoms with Gasteiger partial charge in [-0.2, -0.15) is 0 Å². The molecular formula is C11H11N3S. The van der Waals surface area contributed by atoms with Gasteiger partial charge in [0.1, 0.15) is 5.01 Å². The first-order chi connectivity index (χ1) is 7.34. The maximum Gasteiger partial charge on any atom is 0.125 e. The van der Waals surface area contributed by atoms with Crippen molar-refractivity contribution in [3.8, 4) is 10.6 Å². The topological polar surface area (TPSA) is 37.8 Å². The van der Waals surface area contributed by atoms with Crippen molar-refractivity contribution in [2.75, 3.05) is 0 Å². The lowest BCUT2D eigenvalue weighted by Crippen LogP contribution is -2.07. The van der Waals surface area contributed by atoms with Crippen molar-refractivity contribution >= 4 is 11.3 Å². The zero-order valence-corrected chi connectivity index (χ0v) is 9.21. The molecule has 0 radical (unpaired) electrons. The van der Waals surface area contributed by atoms with Gasteiger partial charge in [0.15, 0.2) is 0 Å². The van der Waals surface area contributed by atoms with Gasteiger partial charge in [0.2, 0.25) is 0 Å². The standard InChI is InChI=1S/C11H11N3S/c1-7-10-9(6-13-7)14-11(15-10)8-3-2-4-12-5-8/h2-5,7,13H,6H2,1H3. The molecule has 4 heteroatoms. The summed E-state index contributed by atoms with van der Waals surface area (Å²) in [6.45, 7) is 3.07. The predicted molar refractivity (Wildman–Crippen MR) is 60.6 cm³/mol.